The van der Waals surface area contributed by atoms with Crippen molar-refractivity contribution in [1.29, 1.82) is 0 Å². The first-order valence-corrected chi connectivity index (χ1v) is 19.8. The summed E-state index contributed by atoms with van der Waals surface area (Å²) in [4.78, 5) is 20.1. The van der Waals surface area contributed by atoms with Crippen LogP contribution in [0.3, 0.4) is 0 Å². The molecule has 0 aliphatic heterocycles. The first kappa shape index (κ1) is 32.7. The second-order valence-electron chi connectivity index (χ2n) is 15.8. The normalized spacial score (nSPS) is 13.1. The first-order chi connectivity index (χ1) is 28.5. The molecule has 272 valence electrons. The topological polar surface area (TPSA) is 56.5 Å². The van der Waals surface area contributed by atoms with Crippen LogP contribution in [0.5, 0.6) is 0 Å². The van der Waals surface area contributed by atoms with Crippen LogP contribution in [0.25, 0.3) is 105 Å². The highest BCUT2D eigenvalue weighted by molar-refractivity contribution is 6.29. The fourth-order valence-corrected chi connectivity index (χ4v) is 9.54. The van der Waals surface area contributed by atoms with E-state index in [1.165, 1.54) is 60.0 Å². The summed E-state index contributed by atoms with van der Waals surface area (Å²) >= 11 is 0. The second kappa shape index (κ2) is 12.2. The highest BCUT2D eigenvalue weighted by atomic mass is 15.1. The molecule has 0 saturated heterocycles. The zero-order valence-corrected chi connectivity index (χ0v) is 32.0. The lowest BCUT2D eigenvalue weighted by atomic mass is 9.81. The Morgan fingerprint density at radius 3 is 1.66 bits per heavy atom. The zero-order chi connectivity index (χ0) is 38.5. The van der Waals surface area contributed by atoms with Gasteiger partial charge in [-0.05, 0) is 91.0 Å². The molecular formula is C53H35N5. The van der Waals surface area contributed by atoms with E-state index in [1.807, 2.05) is 72.9 Å². The molecule has 0 spiro atoms. The number of hydrogen-bond donors (Lipinski definition) is 0. The highest BCUT2D eigenvalue weighted by Crippen LogP contribution is 2.55. The van der Waals surface area contributed by atoms with E-state index in [9.17, 15) is 0 Å². The Labute approximate surface area is 335 Å². The molecule has 0 unspecified atom stereocenters. The minimum absolute atomic E-state index is 0.206. The molecule has 1 aliphatic carbocycles. The van der Waals surface area contributed by atoms with E-state index in [0.717, 1.165) is 38.9 Å². The molecule has 11 aromatic rings. The van der Waals surface area contributed by atoms with Crippen LogP contribution in [0.2, 0.25) is 0 Å². The lowest BCUT2D eigenvalue weighted by Gasteiger charge is -2.22. The summed E-state index contributed by atoms with van der Waals surface area (Å²) in [6, 6.07) is 60.4. The number of fused-ring (bicyclic) bond motifs is 13. The van der Waals surface area contributed by atoms with Gasteiger partial charge in [0.25, 0.3) is 0 Å². The van der Waals surface area contributed by atoms with E-state index < -0.39 is 0 Å². The molecule has 5 heteroatoms. The SMILES string of the molecule is CC1(C)c2cc3c4cccnc4n(-c4cccc(-c5nc(-c6ccccc6)nc(-c6ccccc6)n5)c4)c3cc2-c2c1ccc1c3ccccc3c3ccccc3c21. The molecule has 0 N–H and O–H groups in total. The van der Waals surface area contributed by atoms with Crippen LogP contribution in [0.15, 0.2) is 176 Å². The average molecular weight is 742 g/mol. The van der Waals surface area contributed by atoms with E-state index in [2.05, 4.69) is 122 Å². The number of aromatic nitrogens is 5. The summed E-state index contributed by atoms with van der Waals surface area (Å²) < 4.78 is 2.31. The summed E-state index contributed by atoms with van der Waals surface area (Å²) in [5.74, 6) is 1.89. The van der Waals surface area contributed by atoms with Gasteiger partial charge in [0.2, 0.25) is 0 Å². The van der Waals surface area contributed by atoms with E-state index in [0.29, 0.717) is 17.5 Å². The molecule has 0 amide bonds. The molecule has 3 aromatic heterocycles. The number of rotatable bonds is 4. The standard InChI is InChI=1S/C53H35N5/c1-53(2)44-27-26-40-38-23-10-9-21-36(38)37-22-11-12-24-39(37)47(40)48(44)43-31-46-42(30-45(43)53)41-25-14-28-54-52(41)58(46)35-20-13-19-34(29-35)51-56-49(32-15-5-3-6-16-32)55-50(57-51)33-17-7-4-8-18-33/h3-31H,1-2H3. The minimum Gasteiger partial charge on any atom is -0.294 e. The number of nitrogens with zero attached hydrogens (tertiary/aromatic N) is 5. The lowest BCUT2D eigenvalue weighted by Crippen LogP contribution is -2.14. The fourth-order valence-electron chi connectivity index (χ4n) is 9.54. The molecule has 0 bridgehead atoms. The molecule has 0 radical (unpaired) electrons. The summed E-state index contributed by atoms with van der Waals surface area (Å²) in [5, 5.41) is 10.1. The van der Waals surface area contributed by atoms with Gasteiger partial charge in [-0.3, -0.25) is 4.57 Å². The van der Waals surface area contributed by atoms with Crippen LogP contribution in [-0.2, 0) is 5.41 Å². The van der Waals surface area contributed by atoms with Gasteiger partial charge in [-0.25, -0.2) is 19.9 Å². The van der Waals surface area contributed by atoms with Crippen molar-refractivity contribution >= 4 is 54.3 Å². The van der Waals surface area contributed by atoms with E-state index >= 15 is 0 Å². The maximum atomic E-state index is 5.06. The molecule has 0 atom stereocenters. The van der Waals surface area contributed by atoms with Crippen molar-refractivity contribution in [3.63, 3.8) is 0 Å². The van der Waals surface area contributed by atoms with Crippen molar-refractivity contribution in [2.75, 3.05) is 0 Å². The van der Waals surface area contributed by atoms with E-state index in [1.54, 1.807) is 0 Å². The smallest absolute Gasteiger partial charge is 0.164 e. The summed E-state index contributed by atoms with van der Waals surface area (Å²) in [6.45, 7) is 4.75. The molecule has 5 nitrogen and oxygen atoms in total. The third kappa shape index (κ3) is 4.71. The number of hydrogen-bond acceptors (Lipinski definition) is 4. The van der Waals surface area contributed by atoms with Gasteiger partial charge in [-0.15, -0.1) is 0 Å². The Hall–Kier alpha value is -7.50. The van der Waals surface area contributed by atoms with Crippen molar-refractivity contribution in [1.82, 2.24) is 24.5 Å². The molecular weight excluding hydrogens is 707 g/mol. The Bertz CT molecular complexity index is 3380. The quantitative estimate of drug-likeness (QED) is 0.169. The van der Waals surface area contributed by atoms with Crippen molar-refractivity contribution in [3.05, 3.63) is 187 Å². The average Bonchev–Trinajstić information content (AvgIpc) is 3.73. The second-order valence-corrected chi connectivity index (χ2v) is 15.8. The van der Waals surface area contributed by atoms with Gasteiger partial charge in [-0.1, -0.05) is 147 Å². The largest absolute Gasteiger partial charge is 0.294 e. The van der Waals surface area contributed by atoms with Crippen LogP contribution >= 0.6 is 0 Å². The first-order valence-electron chi connectivity index (χ1n) is 19.8. The molecule has 8 aromatic carbocycles. The number of benzene rings is 8. The van der Waals surface area contributed by atoms with E-state index in [4.69, 9.17) is 19.9 Å². The van der Waals surface area contributed by atoms with Gasteiger partial charge in [0.15, 0.2) is 17.5 Å². The summed E-state index contributed by atoms with van der Waals surface area (Å²) in [6.07, 6.45) is 1.89. The zero-order valence-electron chi connectivity index (χ0n) is 32.0. The Morgan fingerprint density at radius 2 is 0.983 bits per heavy atom. The van der Waals surface area contributed by atoms with Crippen molar-refractivity contribution in [2.45, 2.75) is 19.3 Å². The Morgan fingerprint density at radius 1 is 0.431 bits per heavy atom. The molecule has 0 fully saturated rings. The van der Waals surface area contributed by atoms with Crippen LogP contribution in [-0.4, -0.2) is 24.5 Å². The molecule has 3 heterocycles. The van der Waals surface area contributed by atoms with Crippen molar-refractivity contribution in [2.24, 2.45) is 0 Å². The Kier molecular flexibility index (Phi) is 6.91. The highest BCUT2D eigenvalue weighted by Gasteiger charge is 2.38. The van der Waals surface area contributed by atoms with Gasteiger partial charge in [0.1, 0.15) is 5.65 Å². The van der Waals surface area contributed by atoms with Crippen LogP contribution in [0.1, 0.15) is 25.0 Å². The number of pyridine rings is 1. The van der Waals surface area contributed by atoms with Gasteiger partial charge in [0, 0.05) is 44.8 Å². The minimum atomic E-state index is -0.206. The van der Waals surface area contributed by atoms with Gasteiger partial charge >= 0.3 is 0 Å². The van der Waals surface area contributed by atoms with Crippen molar-refractivity contribution in [3.8, 4) is 51.0 Å². The third-order valence-corrected chi connectivity index (χ3v) is 12.3. The van der Waals surface area contributed by atoms with Crippen LogP contribution in [0.4, 0.5) is 0 Å². The van der Waals surface area contributed by atoms with Crippen LogP contribution < -0.4 is 0 Å². The lowest BCUT2D eigenvalue weighted by molar-refractivity contribution is 0.662. The molecule has 58 heavy (non-hydrogen) atoms. The predicted octanol–water partition coefficient (Wildman–Crippen LogP) is 13.1. The molecule has 12 rings (SSSR count). The predicted molar refractivity (Wildman–Crippen MR) is 238 cm³/mol. The molecule has 1 aliphatic rings. The van der Waals surface area contributed by atoms with Crippen LogP contribution in [0, 0.1) is 0 Å². The molecule has 0 saturated carbocycles. The van der Waals surface area contributed by atoms with E-state index in [-0.39, 0.29) is 5.41 Å². The summed E-state index contributed by atoms with van der Waals surface area (Å²) in [7, 11) is 0. The van der Waals surface area contributed by atoms with Crippen molar-refractivity contribution < 1.29 is 0 Å². The fraction of sp³-hybridized carbons (Fsp3) is 0.0566. The summed E-state index contributed by atoms with van der Waals surface area (Å²) in [5.41, 5.74) is 10.9. The third-order valence-electron chi connectivity index (χ3n) is 12.3. The van der Waals surface area contributed by atoms with Gasteiger partial charge in [-0.2, -0.15) is 0 Å². The van der Waals surface area contributed by atoms with Gasteiger partial charge < -0.3 is 0 Å². The monoisotopic (exact) mass is 741 g/mol. The maximum absolute atomic E-state index is 5.06. The maximum Gasteiger partial charge on any atom is 0.164 e. The van der Waals surface area contributed by atoms with Gasteiger partial charge in [0.05, 0.1) is 5.52 Å². The Balaban J connectivity index is 1.12.